The first kappa shape index (κ1) is 29.4. The molecule has 1 heterocycles. The highest BCUT2D eigenvalue weighted by Gasteiger charge is 2.41. The van der Waals surface area contributed by atoms with Gasteiger partial charge in [0.05, 0.1) is 33.3 Å². The van der Waals surface area contributed by atoms with Crippen molar-refractivity contribution >= 4 is 48.8 Å². The first-order valence-corrected chi connectivity index (χ1v) is 15.5. The van der Waals surface area contributed by atoms with Gasteiger partial charge in [0, 0.05) is 41.5 Å². The molecular formula is C28H29BrN4O6S. The highest BCUT2D eigenvalue weighted by atomic mass is 79.9. The van der Waals surface area contributed by atoms with Crippen LogP contribution in [0.2, 0.25) is 0 Å². The quantitative estimate of drug-likeness (QED) is 0.262. The standard InChI is InChI=1S/C28H29BrN4O6S/c1-4-6-17-10-23-27(25(34)11-17)26(21(14-30)16(2)31-23)19-12-22(29)28(24(13-19)32-40(3,37)38)39-15-18-7-5-8-20(9-18)33(35)36/h5,7-9,12-13,17,21,26,32H,4,6,10-11,15H2,1-3H3. The predicted octanol–water partition coefficient (Wildman–Crippen LogP) is 6.04. The van der Waals surface area contributed by atoms with Crippen LogP contribution in [0.1, 0.15) is 56.6 Å². The van der Waals surface area contributed by atoms with Crippen LogP contribution in [0.4, 0.5) is 11.4 Å². The number of allylic oxidation sites excluding steroid dienone is 2. The number of non-ortho nitro benzene ring substituents is 1. The maximum absolute atomic E-state index is 13.4. The Hall–Kier alpha value is -3.56. The molecule has 0 saturated carbocycles. The molecule has 0 fully saturated rings. The van der Waals surface area contributed by atoms with Crippen LogP contribution in [-0.4, -0.2) is 31.1 Å². The van der Waals surface area contributed by atoms with Crippen molar-refractivity contribution in [1.82, 2.24) is 0 Å². The number of nitrogens with zero attached hydrogens (tertiary/aromatic N) is 3. The molecule has 12 heteroatoms. The lowest BCUT2D eigenvalue weighted by molar-refractivity contribution is -0.384. The van der Waals surface area contributed by atoms with Crippen molar-refractivity contribution in [2.24, 2.45) is 16.8 Å². The lowest BCUT2D eigenvalue weighted by Crippen LogP contribution is -2.32. The third kappa shape index (κ3) is 6.42. The molecule has 1 N–H and O–H groups in total. The van der Waals surface area contributed by atoms with Crippen molar-refractivity contribution in [3.63, 3.8) is 0 Å². The van der Waals surface area contributed by atoms with Crippen molar-refractivity contribution in [2.75, 3.05) is 11.0 Å². The number of nitriles is 1. The van der Waals surface area contributed by atoms with Gasteiger partial charge < -0.3 is 4.74 Å². The average Bonchev–Trinajstić information content (AvgIpc) is 2.86. The van der Waals surface area contributed by atoms with E-state index >= 15 is 0 Å². The summed E-state index contributed by atoms with van der Waals surface area (Å²) in [5, 5.41) is 21.2. The molecule has 0 amide bonds. The number of hydrogen-bond donors (Lipinski definition) is 1. The molecule has 0 spiro atoms. The zero-order valence-corrected chi connectivity index (χ0v) is 24.7. The Morgan fingerprint density at radius 1 is 1.27 bits per heavy atom. The molecule has 4 rings (SSSR count). The third-order valence-electron chi connectivity index (χ3n) is 7.03. The Balaban J connectivity index is 1.78. The van der Waals surface area contributed by atoms with Crippen LogP contribution in [0.15, 0.2) is 57.1 Å². The molecule has 0 bridgehead atoms. The Kier molecular flexibility index (Phi) is 8.75. The molecule has 40 heavy (non-hydrogen) atoms. The summed E-state index contributed by atoms with van der Waals surface area (Å²) < 4.78 is 33.4. The third-order valence-corrected chi connectivity index (χ3v) is 8.21. The number of benzene rings is 2. The van der Waals surface area contributed by atoms with Crippen LogP contribution in [0, 0.1) is 33.3 Å². The number of ether oxygens (including phenoxy) is 1. The number of sulfonamides is 1. The van der Waals surface area contributed by atoms with Gasteiger partial charge in [-0.3, -0.25) is 24.6 Å². The van der Waals surface area contributed by atoms with Gasteiger partial charge in [0.25, 0.3) is 5.69 Å². The van der Waals surface area contributed by atoms with Gasteiger partial charge >= 0.3 is 0 Å². The summed E-state index contributed by atoms with van der Waals surface area (Å²) in [6.45, 7) is 3.79. The summed E-state index contributed by atoms with van der Waals surface area (Å²) in [5.74, 6) is -1.01. The zero-order chi connectivity index (χ0) is 29.2. The van der Waals surface area contributed by atoms with Gasteiger partial charge in [0.1, 0.15) is 6.61 Å². The highest BCUT2D eigenvalue weighted by Crippen LogP contribution is 2.47. The van der Waals surface area contributed by atoms with Gasteiger partial charge in [0.15, 0.2) is 11.5 Å². The van der Waals surface area contributed by atoms with E-state index < -0.39 is 26.8 Å². The van der Waals surface area contributed by atoms with Gasteiger partial charge in [0.2, 0.25) is 10.0 Å². The highest BCUT2D eigenvalue weighted by molar-refractivity contribution is 9.10. The fourth-order valence-electron chi connectivity index (χ4n) is 5.41. The molecule has 0 radical (unpaired) electrons. The number of nitrogens with one attached hydrogen (secondary N) is 1. The summed E-state index contributed by atoms with van der Waals surface area (Å²) >= 11 is 3.49. The van der Waals surface area contributed by atoms with Crippen LogP contribution in [0.5, 0.6) is 5.75 Å². The number of rotatable bonds is 9. The van der Waals surface area contributed by atoms with Gasteiger partial charge in [-0.05, 0) is 64.9 Å². The molecular weight excluding hydrogens is 600 g/mol. The number of nitro groups is 1. The van der Waals surface area contributed by atoms with E-state index in [2.05, 4.69) is 38.6 Å². The molecule has 2 aromatic rings. The topological polar surface area (TPSA) is 152 Å². The fourth-order valence-corrected chi connectivity index (χ4v) is 6.55. The van der Waals surface area contributed by atoms with Crippen molar-refractivity contribution < 1.29 is 22.9 Å². The second-order valence-corrected chi connectivity index (χ2v) is 12.8. The smallest absolute Gasteiger partial charge is 0.269 e. The summed E-state index contributed by atoms with van der Waals surface area (Å²) in [4.78, 5) is 28.8. The molecule has 210 valence electrons. The van der Waals surface area contributed by atoms with Crippen molar-refractivity contribution in [3.05, 3.63) is 73.4 Å². The summed E-state index contributed by atoms with van der Waals surface area (Å²) in [5.41, 5.74) is 2.92. The monoisotopic (exact) mass is 628 g/mol. The maximum Gasteiger partial charge on any atom is 0.269 e. The average molecular weight is 630 g/mol. The Morgan fingerprint density at radius 2 is 2.02 bits per heavy atom. The minimum atomic E-state index is -3.75. The van der Waals surface area contributed by atoms with Crippen LogP contribution < -0.4 is 9.46 Å². The molecule has 3 atom stereocenters. The number of anilines is 1. The first-order valence-electron chi connectivity index (χ1n) is 12.8. The molecule has 1 aliphatic carbocycles. The number of nitro benzene ring substituents is 1. The largest absolute Gasteiger partial charge is 0.486 e. The van der Waals surface area contributed by atoms with Gasteiger partial charge in [-0.2, -0.15) is 5.26 Å². The summed E-state index contributed by atoms with van der Waals surface area (Å²) in [7, 11) is -3.75. The predicted molar refractivity (Wildman–Crippen MR) is 155 cm³/mol. The normalized spacial score (nSPS) is 20.8. The van der Waals surface area contributed by atoms with E-state index in [1.807, 2.05) is 0 Å². The lowest BCUT2D eigenvalue weighted by Gasteiger charge is -2.35. The summed E-state index contributed by atoms with van der Waals surface area (Å²) in [6, 6.07) is 11.5. The van der Waals surface area contributed by atoms with Gasteiger partial charge in [-0.25, -0.2) is 8.42 Å². The van der Waals surface area contributed by atoms with E-state index in [9.17, 15) is 28.6 Å². The molecule has 0 aromatic heterocycles. The molecule has 10 nitrogen and oxygen atoms in total. The van der Waals surface area contributed by atoms with Crippen LogP contribution in [0.25, 0.3) is 0 Å². The maximum atomic E-state index is 13.4. The van der Waals surface area contributed by atoms with E-state index in [0.717, 1.165) is 19.1 Å². The van der Waals surface area contributed by atoms with Gasteiger partial charge in [-0.15, -0.1) is 0 Å². The summed E-state index contributed by atoms with van der Waals surface area (Å²) in [6.07, 6.45) is 3.91. The number of Topliss-reactive ketones (excluding diaryl/α,β-unsaturated/α-hetero) is 1. The second-order valence-electron chi connectivity index (χ2n) is 10.2. The minimum absolute atomic E-state index is 0.0408. The second kappa shape index (κ2) is 11.9. The van der Waals surface area contributed by atoms with Crippen LogP contribution >= 0.6 is 15.9 Å². The number of carbonyl (C=O) groups excluding carboxylic acids is 1. The van der Waals surface area contributed by atoms with Gasteiger partial charge in [-0.1, -0.05) is 25.5 Å². The number of hydrogen-bond acceptors (Lipinski definition) is 8. The molecule has 1 aliphatic heterocycles. The van der Waals surface area contributed by atoms with Crippen LogP contribution in [-0.2, 0) is 21.4 Å². The molecule has 2 aromatic carbocycles. The van der Waals surface area contributed by atoms with E-state index in [4.69, 9.17) is 4.74 Å². The van der Waals surface area contributed by atoms with E-state index in [1.54, 1.807) is 25.1 Å². The number of carbonyl (C=O) groups is 1. The SMILES string of the molecule is CCCC1CC(=O)C2=C(C1)N=C(C)C(C#N)C2c1cc(Br)c(OCc2cccc([N+](=O)[O-])c2)c(NS(C)(=O)=O)c1. The van der Waals surface area contributed by atoms with Crippen molar-refractivity contribution in [3.8, 4) is 11.8 Å². The molecule has 2 aliphatic rings. The minimum Gasteiger partial charge on any atom is -0.486 e. The Bertz CT molecular complexity index is 1580. The van der Waals surface area contributed by atoms with Crippen molar-refractivity contribution in [1.29, 1.82) is 5.26 Å². The number of aliphatic imine (C=N–C) groups is 1. The number of ketones is 1. The number of halogens is 1. The first-order chi connectivity index (χ1) is 18.9. The molecule has 3 unspecified atom stereocenters. The van der Waals surface area contributed by atoms with Crippen LogP contribution in [0.3, 0.4) is 0 Å². The van der Waals surface area contributed by atoms with E-state index in [-0.39, 0.29) is 35.4 Å². The van der Waals surface area contributed by atoms with E-state index in [1.165, 1.54) is 18.2 Å². The Morgan fingerprint density at radius 3 is 2.67 bits per heavy atom. The van der Waals surface area contributed by atoms with E-state index in [0.29, 0.717) is 45.4 Å². The Labute approximate surface area is 241 Å². The zero-order valence-electron chi connectivity index (χ0n) is 22.3. The fraction of sp³-hybridized carbons (Fsp3) is 0.393. The lowest BCUT2D eigenvalue weighted by atomic mass is 9.70. The molecule has 0 saturated heterocycles. The van der Waals surface area contributed by atoms with Crippen molar-refractivity contribution in [2.45, 2.75) is 52.1 Å².